The van der Waals surface area contributed by atoms with E-state index in [1.807, 2.05) is 0 Å². The third kappa shape index (κ3) is 3.88. The zero-order valence-electron chi connectivity index (χ0n) is 3.04. The molecule has 1 nitrogen and oxygen atoms in total. The van der Waals surface area contributed by atoms with Crippen LogP contribution in [0.2, 0.25) is 0 Å². The topological polar surface area (TPSA) is 20.2 Å². The normalized spacial score (nSPS) is 16.7. The molecule has 5 heteroatoms. The summed E-state index contributed by atoms with van der Waals surface area (Å²) in [5.74, 6) is 0. The van der Waals surface area contributed by atoms with Crippen LogP contribution in [0.3, 0.4) is 0 Å². The summed E-state index contributed by atoms with van der Waals surface area (Å²) in [6.45, 7) is 0. The first-order chi connectivity index (χ1) is 2.94. The second-order valence-corrected chi connectivity index (χ2v) is 7.82. The molecular weight excluding hydrogens is 299 g/mol. The van der Waals surface area contributed by atoms with E-state index in [-0.39, 0.29) is 0 Å². The summed E-state index contributed by atoms with van der Waals surface area (Å²) in [5.41, 5.74) is 0. The van der Waals surface area contributed by atoms with E-state index in [2.05, 4.69) is 47.8 Å². The number of rotatable bonds is 0. The molecule has 1 N–H and O–H groups in total. The van der Waals surface area contributed by atoms with Gasteiger partial charge in [0.2, 0.25) is 6.36 Å². The number of alkyl halides is 4. The van der Waals surface area contributed by atoms with Gasteiger partial charge in [-0.05, 0) is 0 Å². The quantitative estimate of drug-likeness (QED) is 0.680. The van der Waals surface area contributed by atoms with E-state index in [1.165, 1.54) is 0 Å². The predicted octanol–water partition coefficient (Wildman–Crippen LogP) is 2.11. The van der Waals surface area contributed by atoms with Crippen LogP contribution in [0.15, 0.2) is 0 Å². The van der Waals surface area contributed by atoms with Crippen molar-refractivity contribution >= 4 is 47.8 Å². The van der Waals surface area contributed by atoms with Crippen molar-refractivity contribution in [3.8, 4) is 0 Å². The van der Waals surface area contributed by atoms with Gasteiger partial charge < -0.3 is 5.11 Å². The van der Waals surface area contributed by atoms with E-state index in [9.17, 15) is 4.39 Å². The Bertz CT molecular complexity index is 58.4. The lowest BCUT2D eigenvalue weighted by Gasteiger charge is -2.10. The number of aliphatic hydroxyl groups is 1. The van der Waals surface area contributed by atoms with Crippen molar-refractivity contribution < 1.29 is 9.50 Å². The molecule has 1 unspecified atom stereocenters. The van der Waals surface area contributed by atoms with E-state index in [1.54, 1.807) is 0 Å². The SMILES string of the molecule is OC(F)C(Br)(Br)Br. The lowest BCUT2D eigenvalue weighted by molar-refractivity contribution is 0.0555. The van der Waals surface area contributed by atoms with Gasteiger partial charge in [-0.15, -0.1) is 0 Å². The Labute approximate surface area is 65.7 Å². The van der Waals surface area contributed by atoms with Crippen molar-refractivity contribution in [1.82, 2.24) is 0 Å². The minimum absolute atomic E-state index is 1.17. The molecule has 7 heavy (non-hydrogen) atoms. The van der Waals surface area contributed by atoms with Crippen LogP contribution in [0.25, 0.3) is 0 Å². The molecule has 0 fully saturated rings. The average molecular weight is 301 g/mol. The minimum Gasteiger partial charge on any atom is -0.362 e. The lowest BCUT2D eigenvalue weighted by Crippen LogP contribution is -2.16. The highest BCUT2D eigenvalue weighted by molar-refractivity contribution is 9.39. The molecule has 0 aliphatic rings. The molecular formula is C2H2Br3FO. The highest BCUT2D eigenvalue weighted by atomic mass is 80.0. The largest absolute Gasteiger partial charge is 0.362 e. The molecule has 0 saturated heterocycles. The Balaban J connectivity index is 3.54. The Morgan fingerprint density at radius 3 is 1.57 bits per heavy atom. The molecule has 44 valence electrons. The fraction of sp³-hybridized carbons (Fsp3) is 1.00. The van der Waals surface area contributed by atoms with E-state index in [0.717, 1.165) is 0 Å². The summed E-state index contributed by atoms with van der Waals surface area (Å²) in [6, 6.07) is 0. The number of aliphatic hydroxyl groups excluding tert-OH is 1. The van der Waals surface area contributed by atoms with Crippen molar-refractivity contribution in [3.05, 3.63) is 0 Å². The molecule has 0 aliphatic heterocycles. The number of hydrogen-bond acceptors (Lipinski definition) is 1. The summed E-state index contributed by atoms with van der Waals surface area (Å²) in [4.78, 5) is 0. The van der Waals surface area contributed by atoms with Gasteiger partial charge in [-0.2, -0.15) is 0 Å². The van der Waals surface area contributed by atoms with Crippen LogP contribution in [0.4, 0.5) is 4.39 Å². The number of hydrogen-bond donors (Lipinski definition) is 1. The first-order valence-electron chi connectivity index (χ1n) is 1.33. The van der Waals surface area contributed by atoms with Gasteiger partial charge >= 0.3 is 0 Å². The Hall–Kier alpha value is 1.33. The second kappa shape index (κ2) is 2.75. The standard InChI is InChI=1S/C2H2Br3FO/c3-2(4,5)1(6)7/h1,7H. The maximum absolute atomic E-state index is 11.6. The smallest absolute Gasteiger partial charge is 0.231 e. The first-order valence-corrected chi connectivity index (χ1v) is 3.71. The second-order valence-electron chi connectivity index (χ2n) is 0.877. The first kappa shape index (κ1) is 8.33. The number of halogens is 4. The third-order valence-electron chi connectivity index (χ3n) is 0.270. The van der Waals surface area contributed by atoms with Crippen LogP contribution in [-0.2, 0) is 0 Å². The Kier molecular flexibility index (Phi) is 3.28. The van der Waals surface area contributed by atoms with Gasteiger partial charge in [0.05, 0.1) is 0 Å². The average Bonchev–Trinajstić information content (AvgIpc) is 1.31. The molecule has 0 aromatic carbocycles. The van der Waals surface area contributed by atoms with Crippen LogP contribution >= 0.6 is 47.8 Å². The molecule has 0 amide bonds. The maximum Gasteiger partial charge on any atom is 0.231 e. The van der Waals surface area contributed by atoms with Crippen molar-refractivity contribution in [3.63, 3.8) is 0 Å². The summed E-state index contributed by atoms with van der Waals surface area (Å²) in [5, 5.41) is 8.08. The van der Waals surface area contributed by atoms with Crippen molar-refractivity contribution in [1.29, 1.82) is 0 Å². The van der Waals surface area contributed by atoms with Gasteiger partial charge in [-0.3, -0.25) is 0 Å². The highest BCUT2D eigenvalue weighted by Crippen LogP contribution is 2.37. The minimum atomic E-state index is -1.95. The molecule has 0 bridgehead atoms. The van der Waals surface area contributed by atoms with Gasteiger partial charge in [-0.25, -0.2) is 4.39 Å². The molecule has 1 atom stereocenters. The van der Waals surface area contributed by atoms with Gasteiger partial charge in [0.25, 0.3) is 0 Å². The Morgan fingerprint density at radius 1 is 1.43 bits per heavy atom. The molecule has 0 radical (unpaired) electrons. The summed E-state index contributed by atoms with van der Waals surface area (Å²) in [7, 11) is 0. The maximum atomic E-state index is 11.6. The van der Waals surface area contributed by atoms with Gasteiger partial charge in [0, 0.05) is 0 Å². The Morgan fingerprint density at radius 2 is 1.57 bits per heavy atom. The molecule has 0 aromatic heterocycles. The molecule has 0 heterocycles. The molecule has 0 saturated carbocycles. The fourth-order valence-electron chi connectivity index (χ4n) is 0. The van der Waals surface area contributed by atoms with Gasteiger partial charge in [-0.1, -0.05) is 47.8 Å². The third-order valence-corrected chi connectivity index (χ3v) is 1.40. The van der Waals surface area contributed by atoms with E-state index in [4.69, 9.17) is 5.11 Å². The van der Waals surface area contributed by atoms with E-state index >= 15 is 0 Å². The molecule has 0 aromatic rings. The van der Waals surface area contributed by atoms with Crippen LogP contribution in [0, 0.1) is 0 Å². The fourth-order valence-corrected chi connectivity index (χ4v) is 0. The van der Waals surface area contributed by atoms with Gasteiger partial charge in [0.15, 0.2) is 2.14 Å². The van der Waals surface area contributed by atoms with Crippen LogP contribution in [-0.4, -0.2) is 13.6 Å². The zero-order valence-corrected chi connectivity index (χ0v) is 7.79. The van der Waals surface area contributed by atoms with Gasteiger partial charge in [0.1, 0.15) is 0 Å². The molecule has 0 rings (SSSR count). The summed E-state index contributed by atoms with van der Waals surface area (Å²) in [6.07, 6.45) is -1.95. The van der Waals surface area contributed by atoms with Crippen molar-refractivity contribution in [2.45, 2.75) is 8.50 Å². The lowest BCUT2D eigenvalue weighted by atomic mass is 10.8. The zero-order chi connectivity index (χ0) is 6.08. The van der Waals surface area contributed by atoms with Crippen molar-refractivity contribution in [2.24, 2.45) is 0 Å². The van der Waals surface area contributed by atoms with Crippen LogP contribution in [0.1, 0.15) is 0 Å². The van der Waals surface area contributed by atoms with Crippen molar-refractivity contribution in [2.75, 3.05) is 0 Å². The molecule has 0 aliphatic carbocycles. The summed E-state index contributed by atoms with van der Waals surface area (Å²) >= 11 is 8.25. The van der Waals surface area contributed by atoms with Crippen LogP contribution in [0.5, 0.6) is 0 Å². The monoisotopic (exact) mass is 298 g/mol. The molecule has 0 spiro atoms. The predicted molar refractivity (Wildman–Crippen MR) is 36.6 cm³/mol. The van der Waals surface area contributed by atoms with Crippen LogP contribution < -0.4 is 0 Å². The highest BCUT2D eigenvalue weighted by Gasteiger charge is 2.28. The van der Waals surface area contributed by atoms with E-state index in [0.29, 0.717) is 0 Å². The van der Waals surface area contributed by atoms with E-state index < -0.39 is 8.50 Å². The summed E-state index contributed by atoms with van der Waals surface area (Å²) < 4.78 is 10.4.